The predicted octanol–water partition coefficient (Wildman–Crippen LogP) is 3.24. The summed E-state index contributed by atoms with van der Waals surface area (Å²) in [6.07, 6.45) is 1.53. The number of piperazine rings is 1. The first-order valence-corrected chi connectivity index (χ1v) is 10.6. The van der Waals surface area contributed by atoms with Crippen LogP contribution in [0.4, 0.5) is 0 Å². The molecule has 1 saturated heterocycles. The molecule has 7 nitrogen and oxygen atoms in total. The van der Waals surface area contributed by atoms with E-state index in [1.807, 2.05) is 23.1 Å². The van der Waals surface area contributed by atoms with E-state index in [-0.39, 0.29) is 5.91 Å². The van der Waals surface area contributed by atoms with Crippen molar-refractivity contribution >= 4 is 11.9 Å². The van der Waals surface area contributed by atoms with Gasteiger partial charge in [-0.3, -0.25) is 4.79 Å². The Morgan fingerprint density at radius 1 is 1.13 bits per heavy atom. The topological polar surface area (TPSA) is 70.3 Å². The summed E-state index contributed by atoms with van der Waals surface area (Å²) in [5.41, 5.74) is 1.07. The number of rotatable bonds is 7. The second-order valence-corrected chi connectivity index (χ2v) is 7.74. The van der Waals surface area contributed by atoms with Gasteiger partial charge in [-0.2, -0.15) is 0 Å². The van der Waals surface area contributed by atoms with Crippen molar-refractivity contribution in [3.63, 3.8) is 0 Å². The fourth-order valence-corrected chi connectivity index (χ4v) is 3.30. The lowest BCUT2D eigenvalue weighted by Gasteiger charge is -2.36. The maximum absolute atomic E-state index is 12.5. The number of carbonyl (C=O) groups is 1. The quantitative estimate of drug-likeness (QED) is 0.558. The summed E-state index contributed by atoms with van der Waals surface area (Å²) in [6, 6.07) is 11.5. The maximum Gasteiger partial charge on any atom is 0.289 e. The van der Waals surface area contributed by atoms with Gasteiger partial charge in [0.05, 0.1) is 19.4 Å². The summed E-state index contributed by atoms with van der Waals surface area (Å²) in [7, 11) is 0. The van der Waals surface area contributed by atoms with Crippen molar-refractivity contribution < 1.29 is 13.9 Å². The highest BCUT2D eigenvalue weighted by molar-refractivity contribution is 5.91. The summed E-state index contributed by atoms with van der Waals surface area (Å²) in [4.78, 5) is 21.3. The van der Waals surface area contributed by atoms with E-state index in [1.54, 1.807) is 12.1 Å². The smallest absolute Gasteiger partial charge is 0.289 e. The molecule has 0 saturated carbocycles. The van der Waals surface area contributed by atoms with Gasteiger partial charge in [0.25, 0.3) is 5.91 Å². The third-order valence-electron chi connectivity index (χ3n) is 4.88. The highest BCUT2D eigenvalue weighted by Gasteiger charge is 2.25. The molecule has 1 N–H and O–H groups in total. The van der Waals surface area contributed by atoms with Crippen LogP contribution in [0.5, 0.6) is 5.75 Å². The summed E-state index contributed by atoms with van der Waals surface area (Å²) in [5, 5.41) is 3.38. The Hall–Kier alpha value is -2.96. The lowest BCUT2D eigenvalue weighted by atomic mass is 10.2. The summed E-state index contributed by atoms with van der Waals surface area (Å²) >= 11 is 0. The number of benzene rings is 1. The molecule has 0 unspecified atom stereocenters. The first kappa shape index (κ1) is 21.7. The Bertz CT molecular complexity index is 825. The Kier molecular flexibility index (Phi) is 7.76. The average Bonchev–Trinajstić information content (AvgIpc) is 3.30. The first-order valence-electron chi connectivity index (χ1n) is 10.6. The molecule has 0 spiro atoms. The number of amides is 1. The number of aliphatic imine (C=N–C) groups is 1. The number of nitrogens with one attached hydrogen (secondary N) is 1. The zero-order chi connectivity index (χ0) is 21.3. The van der Waals surface area contributed by atoms with Gasteiger partial charge in [0.1, 0.15) is 5.75 Å². The van der Waals surface area contributed by atoms with Crippen LogP contribution in [0.25, 0.3) is 0 Å². The minimum atomic E-state index is -0.0576. The van der Waals surface area contributed by atoms with Crippen LogP contribution in [0.15, 0.2) is 52.1 Å². The van der Waals surface area contributed by atoms with Crippen LogP contribution < -0.4 is 10.1 Å². The van der Waals surface area contributed by atoms with Crippen LogP contribution in [0.1, 0.15) is 36.9 Å². The van der Waals surface area contributed by atoms with Crippen LogP contribution in [0.2, 0.25) is 0 Å². The van der Waals surface area contributed by atoms with Crippen molar-refractivity contribution in [1.29, 1.82) is 0 Å². The molecule has 1 fully saturated rings. The number of furan rings is 1. The van der Waals surface area contributed by atoms with Gasteiger partial charge in [0.15, 0.2) is 11.7 Å². The number of carbonyl (C=O) groups excluding carboxylic acids is 1. The Morgan fingerprint density at radius 2 is 1.87 bits per heavy atom. The first-order chi connectivity index (χ1) is 14.6. The van der Waals surface area contributed by atoms with Crippen LogP contribution in [0, 0.1) is 5.92 Å². The molecule has 30 heavy (non-hydrogen) atoms. The molecule has 1 aromatic heterocycles. The van der Waals surface area contributed by atoms with Crippen molar-refractivity contribution in [2.24, 2.45) is 10.9 Å². The molecule has 162 valence electrons. The third-order valence-corrected chi connectivity index (χ3v) is 4.88. The molecule has 1 amide bonds. The summed E-state index contributed by atoms with van der Waals surface area (Å²) in [6.45, 7) is 11.1. The van der Waals surface area contributed by atoms with Gasteiger partial charge in [0, 0.05) is 38.3 Å². The van der Waals surface area contributed by atoms with E-state index in [4.69, 9.17) is 14.1 Å². The van der Waals surface area contributed by atoms with E-state index < -0.39 is 0 Å². The molecule has 2 heterocycles. The van der Waals surface area contributed by atoms with Crippen LogP contribution in [0.3, 0.4) is 0 Å². The predicted molar refractivity (Wildman–Crippen MR) is 118 cm³/mol. The fourth-order valence-electron chi connectivity index (χ4n) is 3.30. The minimum Gasteiger partial charge on any atom is -0.493 e. The largest absolute Gasteiger partial charge is 0.493 e. The van der Waals surface area contributed by atoms with Crippen molar-refractivity contribution in [2.75, 3.05) is 39.3 Å². The fraction of sp³-hybridized carbons (Fsp3) is 0.478. The maximum atomic E-state index is 12.5. The van der Waals surface area contributed by atoms with Gasteiger partial charge in [-0.05, 0) is 31.0 Å². The van der Waals surface area contributed by atoms with Crippen molar-refractivity contribution in [3.8, 4) is 5.75 Å². The molecular weight excluding hydrogens is 380 g/mol. The lowest BCUT2D eigenvalue weighted by molar-refractivity contribution is 0.0657. The van der Waals surface area contributed by atoms with E-state index in [9.17, 15) is 4.79 Å². The highest BCUT2D eigenvalue weighted by Crippen LogP contribution is 2.20. The molecule has 3 rings (SSSR count). The van der Waals surface area contributed by atoms with Gasteiger partial charge >= 0.3 is 0 Å². The molecule has 1 aliphatic rings. The molecule has 7 heteroatoms. The standard InChI is InChI=1S/C23H32N4O3/c1-4-24-23(25-16-19-8-5-6-9-20(19)30-17-18(2)3)27-13-11-26(12-14-27)22(28)21-10-7-15-29-21/h5-10,15,18H,4,11-14,16-17H2,1-3H3,(H,24,25). The minimum absolute atomic E-state index is 0.0576. The van der Waals surface area contributed by atoms with Gasteiger partial charge in [-0.25, -0.2) is 4.99 Å². The molecular formula is C23H32N4O3. The number of para-hydroxylation sites is 1. The Balaban J connectivity index is 1.62. The van der Waals surface area contributed by atoms with Gasteiger partial charge in [-0.15, -0.1) is 0 Å². The van der Waals surface area contributed by atoms with Crippen LogP contribution in [-0.4, -0.2) is 61.0 Å². The van der Waals surface area contributed by atoms with E-state index in [0.29, 0.717) is 37.9 Å². The zero-order valence-electron chi connectivity index (χ0n) is 18.1. The molecule has 1 aromatic carbocycles. The SMILES string of the molecule is CCNC(=NCc1ccccc1OCC(C)C)N1CCN(C(=O)c2ccco2)CC1. The van der Waals surface area contributed by atoms with Crippen LogP contribution >= 0.6 is 0 Å². The van der Waals surface area contributed by atoms with Crippen molar-refractivity contribution in [2.45, 2.75) is 27.3 Å². The van der Waals surface area contributed by atoms with Gasteiger partial charge in [0.2, 0.25) is 0 Å². The van der Waals surface area contributed by atoms with Gasteiger partial charge in [-0.1, -0.05) is 32.0 Å². The number of hydrogen-bond donors (Lipinski definition) is 1. The Morgan fingerprint density at radius 3 is 2.53 bits per heavy atom. The molecule has 0 aliphatic carbocycles. The monoisotopic (exact) mass is 412 g/mol. The van der Waals surface area contributed by atoms with E-state index >= 15 is 0 Å². The summed E-state index contributed by atoms with van der Waals surface area (Å²) in [5.74, 6) is 2.56. The second-order valence-electron chi connectivity index (χ2n) is 7.74. The summed E-state index contributed by atoms with van der Waals surface area (Å²) < 4.78 is 11.2. The van der Waals surface area contributed by atoms with E-state index in [0.717, 1.165) is 36.9 Å². The van der Waals surface area contributed by atoms with Crippen LogP contribution in [-0.2, 0) is 6.54 Å². The lowest BCUT2D eigenvalue weighted by Crippen LogP contribution is -2.53. The number of ether oxygens (including phenoxy) is 1. The molecule has 2 aromatic rings. The van der Waals surface area contributed by atoms with Gasteiger partial charge < -0.3 is 24.3 Å². The van der Waals surface area contributed by atoms with Crippen molar-refractivity contribution in [3.05, 3.63) is 54.0 Å². The highest BCUT2D eigenvalue weighted by atomic mass is 16.5. The normalized spacial score (nSPS) is 14.9. The van der Waals surface area contributed by atoms with E-state index in [2.05, 4.69) is 37.1 Å². The molecule has 0 bridgehead atoms. The number of nitrogens with zero attached hydrogens (tertiary/aromatic N) is 3. The average molecular weight is 413 g/mol. The molecule has 0 radical (unpaired) electrons. The Labute approximate surface area is 178 Å². The third kappa shape index (κ3) is 5.78. The number of guanidine groups is 1. The molecule has 1 aliphatic heterocycles. The van der Waals surface area contributed by atoms with Crippen molar-refractivity contribution in [1.82, 2.24) is 15.1 Å². The number of hydrogen-bond acceptors (Lipinski definition) is 4. The zero-order valence-corrected chi connectivity index (χ0v) is 18.1. The second kappa shape index (κ2) is 10.7. The molecule has 0 atom stereocenters. The van der Waals surface area contributed by atoms with E-state index in [1.165, 1.54) is 6.26 Å².